The molecule has 110 valence electrons. The van der Waals surface area contributed by atoms with Crippen molar-refractivity contribution in [2.45, 2.75) is 32.3 Å². The van der Waals surface area contributed by atoms with Gasteiger partial charge in [0.1, 0.15) is 6.42 Å². The van der Waals surface area contributed by atoms with Crippen LogP contribution < -0.4 is 0 Å². The van der Waals surface area contributed by atoms with Gasteiger partial charge in [-0.2, -0.15) is 0 Å². The molecule has 1 atom stereocenters. The Labute approximate surface area is 121 Å². The third-order valence-corrected chi connectivity index (χ3v) is 1.55. The molecule has 0 heterocycles. The molecule has 0 aromatic carbocycles. The number of hydrogen-bond donors (Lipinski definition) is 3. The van der Waals surface area contributed by atoms with E-state index in [1.165, 1.54) is 0 Å². The Balaban J connectivity index is -0.000000251. The number of carboxylic acids is 2. The molecule has 1 unspecified atom stereocenters. The molecule has 0 saturated carbocycles. The van der Waals surface area contributed by atoms with Gasteiger partial charge in [-0.3, -0.25) is 9.59 Å². The maximum absolute atomic E-state index is 9.43. The first kappa shape index (κ1) is 22.7. The van der Waals surface area contributed by atoms with Gasteiger partial charge in [-0.25, -0.2) is 0 Å². The van der Waals surface area contributed by atoms with Crippen LogP contribution >= 0.6 is 0 Å². The monoisotopic (exact) mass is 443 g/mol. The third-order valence-electron chi connectivity index (χ3n) is 1.55. The summed E-state index contributed by atoms with van der Waals surface area (Å²) < 4.78 is 0. The van der Waals surface area contributed by atoms with Gasteiger partial charge in [0.2, 0.25) is 0 Å². The van der Waals surface area contributed by atoms with Gasteiger partial charge in [-0.05, 0) is 0 Å². The second-order valence-corrected chi connectivity index (χ2v) is 3.31. The van der Waals surface area contributed by atoms with Crippen molar-refractivity contribution < 1.29 is 46.0 Å². The molecule has 0 aromatic rings. The summed E-state index contributed by atoms with van der Waals surface area (Å²) in [7, 11) is 0. The molecular formula is C10H20N2O5Pt. The molecule has 0 aliphatic heterocycles. The number of aliphatic hydroxyl groups is 1. The molecule has 0 bridgehead atoms. The van der Waals surface area contributed by atoms with Crippen molar-refractivity contribution in [2.24, 2.45) is 0 Å². The van der Waals surface area contributed by atoms with Crippen molar-refractivity contribution in [1.29, 1.82) is 0 Å². The minimum absolute atomic E-state index is 0. The van der Waals surface area contributed by atoms with Gasteiger partial charge >= 0.3 is 33.0 Å². The maximum Gasteiger partial charge on any atom is 2.00 e. The van der Waals surface area contributed by atoms with Crippen LogP contribution in [0, 0.1) is 0 Å². The van der Waals surface area contributed by atoms with Crippen LogP contribution in [-0.2, 0) is 30.7 Å². The average Bonchev–Trinajstić information content (AvgIpc) is 2.23. The molecule has 8 heteroatoms. The molecule has 0 radical (unpaired) electrons. The predicted molar refractivity (Wildman–Crippen MR) is 63.1 cm³/mol. The van der Waals surface area contributed by atoms with E-state index in [1.54, 1.807) is 0 Å². The summed E-state index contributed by atoms with van der Waals surface area (Å²) in [4.78, 5) is 18.9. The molecule has 0 rings (SSSR count). The summed E-state index contributed by atoms with van der Waals surface area (Å²) in [6.45, 7) is 3.43. The van der Waals surface area contributed by atoms with Crippen molar-refractivity contribution >= 4 is 11.9 Å². The number of carbonyl (C=O) groups is 2. The average molecular weight is 443 g/mol. The Morgan fingerprint density at radius 3 is 2.06 bits per heavy atom. The Hall–Kier alpha value is -0.492. The smallest absolute Gasteiger partial charge is 0.675 e. The summed E-state index contributed by atoms with van der Waals surface area (Å²) in [6, 6.07) is 0. The predicted octanol–water partition coefficient (Wildman–Crippen LogP) is 1.12. The number of aliphatic carboxylic acids is 2. The van der Waals surface area contributed by atoms with Crippen LogP contribution in [0.25, 0.3) is 11.1 Å². The fourth-order valence-corrected chi connectivity index (χ4v) is 0.704. The van der Waals surface area contributed by atoms with Crippen molar-refractivity contribution in [2.75, 3.05) is 19.6 Å². The SMILES string of the molecule is CCCC[N-]CC(O)C[NH-].O=C(O)CC(=O)O.[Pt+2]. The number of rotatable bonds is 8. The Kier molecular flexibility index (Phi) is 20.8. The summed E-state index contributed by atoms with van der Waals surface area (Å²) in [6.07, 6.45) is 0.877. The first-order valence-corrected chi connectivity index (χ1v) is 5.33. The van der Waals surface area contributed by atoms with E-state index in [2.05, 4.69) is 12.2 Å². The fourth-order valence-electron chi connectivity index (χ4n) is 0.704. The van der Waals surface area contributed by atoms with E-state index in [4.69, 9.17) is 21.1 Å². The van der Waals surface area contributed by atoms with Crippen LogP contribution in [0.1, 0.15) is 26.2 Å². The molecule has 0 spiro atoms. The first-order valence-electron chi connectivity index (χ1n) is 5.33. The van der Waals surface area contributed by atoms with Crippen molar-refractivity contribution in [3.8, 4) is 0 Å². The van der Waals surface area contributed by atoms with Gasteiger partial charge in [-0.15, -0.1) is 19.6 Å². The van der Waals surface area contributed by atoms with E-state index in [9.17, 15) is 9.59 Å². The van der Waals surface area contributed by atoms with Crippen molar-refractivity contribution in [1.82, 2.24) is 0 Å². The normalized spacial score (nSPS) is 10.6. The van der Waals surface area contributed by atoms with E-state index in [-0.39, 0.29) is 27.6 Å². The van der Waals surface area contributed by atoms with Gasteiger partial charge in [0, 0.05) is 6.10 Å². The largest absolute Gasteiger partial charge is 2.00 e. The molecule has 0 fully saturated rings. The molecule has 0 aliphatic rings. The topological polar surface area (TPSA) is 133 Å². The molecule has 18 heavy (non-hydrogen) atoms. The molecule has 0 saturated heterocycles. The Morgan fingerprint density at radius 2 is 1.78 bits per heavy atom. The van der Waals surface area contributed by atoms with E-state index >= 15 is 0 Å². The molecule has 0 aliphatic carbocycles. The zero-order valence-corrected chi connectivity index (χ0v) is 12.5. The van der Waals surface area contributed by atoms with Crippen LogP contribution in [0.15, 0.2) is 0 Å². The minimum Gasteiger partial charge on any atom is -0.675 e. The molecule has 0 aromatic heterocycles. The summed E-state index contributed by atoms with van der Waals surface area (Å²) in [5.41, 5.74) is 6.78. The van der Waals surface area contributed by atoms with Crippen molar-refractivity contribution in [3.63, 3.8) is 0 Å². The number of nitrogens with zero attached hydrogens (tertiary/aromatic N) is 1. The molecule has 4 N–H and O–H groups in total. The van der Waals surface area contributed by atoms with E-state index in [0.717, 1.165) is 19.4 Å². The van der Waals surface area contributed by atoms with E-state index < -0.39 is 24.5 Å². The van der Waals surface area contributed by atoms with Gasteiger partial charge in [0.05, 0.1) is 0 Å². The fraction of sp³-hybridized carbons (Fsp3) is 0.800. The first-order chi connectivity index (χ1) is 7.93. The zero-order chi connectivity index (χ0) is 13.7. The number of hydrogen-bond acceptors (Lipinski definition) is 3. The molecule has 0 amide bonds. The van der Waals surface area contributed by atoms with Gasteiger partial charge in [0.25, 0.3) is 0 Å². The van der Waals surface area contributed by atoms with Crippen LogP contribution in [0.5, 0.6) is 0 Å². The quantitative estimate of drug-likeness (QED) is 0.382. The van der Waals surface area contributed by atoms with Gasteiger partial charge in [-0.1, -0.05) is 19.8 Å². The number of aliphatic hydroxyl groups excluding tert-OH is 1. The second kappa shape index (κ2) is 16.5. The minimum atomic E-state index is -1.31. The zero-order valence-electron chi connectivity index (χ0n) is 10.2. The summed E-state index contributed by atoms with van der Waals surface area (Å²) in [5.74, 6) is -2.62. The molecule has 7 nitrogen and oxygen atoms in total. The summed E-state index contributed by atoms with van der Waals surface area (Å²) >= 11 is 0. The maximum atomic E-state index is 9.43. The van der Waals surface area contributed by atoms with E-state index in [0.29, 0.717) is 6.54 Å². The Bertz CT molecular complexity index is 204. The Morgan fingerprint density at radius 1 is 1.28 bits per heavy atom. The van der Waals surface area contributed by atoms with Crippen LogP contribution in [0.4, 0.5) is 0 Å². The van der Waals surface area contributed by atoms with Gasteiger partial charge in [0.15, 0.2) is 0 Å². The van der Waals surface area contributed by atoms with Crippen molar-refractivity contribution in [3.05, 3.63) is 11.1 Å². The van der Waals surface area contributed by atoms with Crippen LogP contribution in [-0.4, -0.2) is 53.0 Å². The number of unbranched alkanes of at least 4 members (excludes halogenated alkanes) is 1. The number of carboxylic acid groups (broad SMARTS) is 2. The molecular weight excluding hydrogens is 423 g/mol. The van der Waals surface area contributed by atoms with E-state index in [1.807, 2.05) is 0 Å². The second-order valence-electron chi connectivity index (χ2n) is 3.31. The van der Waals surface area contributed by atoms with Crippen LogP contribution in [0.3, 0.4) is 0 Å². The number of nitrogens with one attached hydrogen (secondary N) is 1. The third kappa shape index (κ3) is 24.6. The standard InChI is InChI=1S/C7H16N2O.C3H4O4.Pt/c1-2-3-4-9-6-7(10)5-8;4-2(5)1-3(6)7;/h7-8,10H,2-6H2,1H3;1H2,(H,4,5)(H,6,7);/q-2;;+2. The van der Waals surface area contributed by atoms with Crippen LogP contribution in [0.2, 0.25) is 0 Å². The van der Waals surface area contributed by atoms with Gasteiger partial charge < -0.3 is 26.4 Å². The summed E-state index contributed by atoms with van der Waals surface area (Å²) in [5, 5.41) is 28.3.